The molecule has 1 atom stereocenters. The molecule has 270 valence electrons. The Hall–Kier alpha value is -7.37. The summed E-state index contributed by atoms with van der Waals surface area (Å²) in [4.78, 5) is 4.89. The predicted molar refractivity (Wildman–Crippen MR) is 231 cm³/mol. The highest BCUT2D eigenvalue weighted by Gasteiger charge is 2.24. The van der Waals surface area contributed by atoms with Gasteiger partial charge in [0.15, 0.2) is 5.58 Å². The minimum absolute atomic E-state index is 0.0496. The second-order valence-electron chi connectivity index (χ2n) is 15.0. The Morgan fingerprint density at radius 1 is 0.491 bits per heavy atom. The van der Waals surface area contributed by atoms with Crippen LogP contribution in [-0.2, 0) is 6.42 Å². The van der Waals surface area contributed by atoms with Crippen molar-refractivity contribution in [2.45, 2.75) is 18.8 Å². The fourth-order valence-corrected chi connectivity index (χ4v) is 9.12. The number of hydrogen-bond acceptors (Lipinski definition) is 4. The molecular formula is C52H34N2O3. The van der Waals surface area contributed by atoms with E-state index in [1.165, 1.54) is 43.9 Å². The molecular weight excluding hydrogens is 701 g/mol. The molecule has 12 rings (SSSR count). The first kappa shape index (κ1) is 31.9. The summed E-state index contributed by atoms with van der Waals surface area (Å²) in [5, 5.41) is 6.79. The van der Waals surface area contributed by atoms with Crippen LogP contribution in [0.1, 0.15) is 29.0 Å². The lowest BCUT2D eigenvalue weighted by Crippen LogP contribution is -2.04. The molecule has 1 unspecified atom stereocenters. The zero-order valence-corrected chi connectivity index (χ0v) is 30.9. The van der Waals surface area contributed by atoms with Crippen LogP contribution in [0.3, 0.4) is 0 Å². The lowest BCUT2D eigenvalue weighted by atomic mass is 9.83. The van der Waals surface area contributed by atoms with Gasteiger partial charge in [0.25, 0.3) is 0 Å². The van der Waals surface area contributed by atoms with Crippen molar-refractivity contribution in [3.05, 3.63) is 193 Å². The molecule has 12 aromatic rings. The Morgan fingerprint density at radius 2 is 1.19 bits per heavy atom. The van der Waals surface area contributed by atoms with Gasteiger partial charge in [0.2, 0.25) is 5.89 Å². The molecule has 0 saturated carbocycles. The number of oxazole rings is 1. The van der Waals surface area contributed by atoms with E-state index in [2.05, 4.69) is 132 Å². The van der Waals surface area contributed by atoms with Gasteiger partial charge in [0.1, 0.15) is 27.8 Å². The molecule has 0 amide bonds. The SMILES string of the molecule is c1ccc(-c2nc3ccc4oc5ccc(C(CCc6ccc7c8ccccc8n(-c8ccccc8)c7c6)c6cccc7oc8ccccc8c67)cc5c4c3o2)cc1. The molecule has 0 aliphatic heterocycles. The maximum Gasteiger partial charge on any atom is 0.227 e. The van der Waals surface area contributed by atoms with E-state index >= 15 is 0 Å². The molecule has 0 N–H and O–H groups in total. The normalized spacial score (nSPS) is 12.6. The first-order chi connectivity index (χ1) is 28.2. The summed E-state index contributed by atoms with van der Waals surface area (Å²) >= 11 is 0. The topological polar surface area (TPSA) is 57.2 Å². The van der Waals surface area contributed by atoms with E-state index < -0.39 is 0 Å². The molecule has 0 spiro atoms. The number of furan rings is 2. The van der Waals surface area contributed by atoms with Crippen molar-refractivity contribution in [3.63, 3.8) is 0 Å². The number of aromatic nitrogens is 2. The molecule has 4 heterocycles. The lowest BCUT2D eigenvalue weighted by Gasteiger charge is -2.20. The van der Waals surface area contributed by atoms with Gasteiger partial charge in [-0.2, -0.15) is 0 Å². The highest BCUT2D eigenvalue weighted by atomic mass is 16.4. The molecule has 57 heavy (non-hydrogen) atoms. The molecule has 0 aliphatic rings. The number of nitrogens with zero attached hydrogens (tertiary/aromatic N) is 2. The summed E-state index contributed by atoms with van der Waals surface area (Å²) in [6.45, 7) is 0. The van der Waals surface area contributed by atoms with Crippen LogP contribution >= 0.6 is 0 Å². The maximum atomic E-state index is 6.53. The quantitative estimate of drug-likeness (QED) is 0.164. The van der Waals surface area contributed by atoms with Gasteiger partial charge in [-0.05, 0) is 102 Å². The van der Waals surface area contributed by atoms with Crippen LogP contribution in [0.25, 0.3) is 93.9 Å². The number of rotatable bonds is 7. The molecule has 0 radical (unpaired) electrons. The smallest absolute Gasteiger partial charge is 0.227 e. The molecule has 5 nitrogen and oxygen atoms in total. The van der Waals surface area contributed by atoms with Crippen LogP contribution in [0.5, 0.6) is 0 Å². The molecule has 8 aromatic carbocycles. The fraction of sp³-hybridized carbons (Fsp3) is 0.0577. The standard InChI is InChI=1S/C52H34N2O3/c1-3-12-33(13-4-1)52-53-42-27-29-48-50(51(42)57-52)41-31-34(24-28-46(41)56-48)36(39-18-11-21-47-49(39)40-17-8-10-20-45(40)55-47)25-22-32-23-26-38-37-16-7-9-19-43(37)54(44(38)30-32)35-14-5-2-6-15-35/h1-21,23-24,26-31,36H,22,25H2. The minimum Gasteiger partial charge on any atom is -0.456 e. The minimum atomic E-state index is 0.0496. The van der Waals surface area contributed by atoms with Crippen molar-refractivity contribution in [2.75, 3.05) is 0 Å². The Balaban J connectivity index is 1.02. The first-order valence-electron chi connectivity index (χ1n) is 19.5. The van der Waals surface area contributed by atoms with Crippen molar-refractivity contribution in [3.8, 4) is 17.1 Å². The monoisotopic (exact) mass is 734 g/mol. The third-order valence-corrected chi connectivity index (χ3v) is 11.7. The van der Waals surface area contributed by atoms with E-state index in [1.54, 1.807) is 0 Å². The van der Waals surface area contributed by atoms with Crippen LogP contribution in [0.4, 0.5) is 0 Å². The highest BCUT2D eigenvalue weighted by Crippen LogP contribution is 2.43. The van der Waals surface area contributed by atoms with Crippen molar-refractivity contribution >= 4 is 76.8 Å². The number of fused-ring (bicyclic) bond motifs is 11. The second kappa shape index (κ2) is 12.6. The van der Waals surface area contributed by atoms with Gasteiger partial charge in [0.05, 0.1) is 16.4 Å². The van der Waals surface area contributed by atoms with E-state index in [1.807, 2.05) is 48.5 Å². The van der Waals surface area contributed by atoms with E-state index in [0.29, 0.717) is 5.89 Å². The summed E-state index contributed by atoms with van der Waals surface area (Å²) < 4.78 is 21.8. The number of benzene rings is 8. The van der Waals surface area contributed by atoms with E-state index in [4.69, 9.17) is 18.2 Å². The summed E-state index contributed by atoms with van der Waals surface area (Å²) in [5.74, 6) is 0.650. The first-order valence-corrected chi connectivity index (χ1v) is 19.5. The molecule has 5 heteroatoms. The fourth-order valence-electron chi connectivity index (χ4n) is 9.12. The summed E-state index contributed by atoms with van der Waals surface area (Å²) in [6.07, 6.45) is 1.76. The van der Waals surface area contributed by atoms with E-state index in [-0.39, 0.29) is 5.92 Å². The highest BCUT2D eigenvalue weighted by molar-refractivity contribution is 6.16. The van der Waals surface area contributed by atoms with Gasteiger partial charge < -0.3 is 17.8 Å². The predicted octanol–water partition coefficient (Wildman–Crippen LogP) is 14.2. The zero-order valence-electron chi connectivity index (χ0n) is 30.9. The van der Waals surface area contributed by atoms with Crippen molar-refractivity contribution in [1.82, 2.24) is 9.55 Å². The van der Waals surface area contributed by atoms with Crippen molar-refractivity contribution in [1.29, 1.82) is 0 Å². The Morgan fingerprint density at radius 3 is 2.07 bits per heavy atom. The number of aryl methyl sites for hydroxylation is 1. The second-order valence-corrected chi connectivity index (χ2v) is 15.0. The summed E-state index contributed by atoms with van der Waals surface area (Å²) in [6, 6.07) is 62.0. The van der Waals surface area contributed by atoms with Crippen LogP contribution in [0.15, 0.2) is 189 Å². The molecule has 0 aliphatic carbocycles. The number of hydrogen-bond donors (Lipinski definition) is 0. The molecule has 4 aromatic heterocycles. The lowest BCUT2D eigenvalue weighted by molar-refractivity contribution is 0.622. The van der Waals surface area contributed by atoms with Gasteiger partial charge in [-0.1, -0.05) is 103 Å². The summed E-state index contributed by atoms with van der Waals surface area (Å²) in [7, 11) is 0. The average molecular weight is 735 g/mol. The summed E-state index contributed by atoms with van der Waals surface area (Å²) in [5.41, 5.74) is 13.2. The van der Waals surface area contributed by atoms with Gasteiger partial charge in [-0.3, -0.25) is 0 Å². The van der Waals surface area contributed by atoms with Crippen LogP contribution < -0.4 is 0 Å². The zero-order chi connectivity index (χ0) is 37.5. The van der Waals surface area contributed by atoms with Crippen molar-refractivity contribution < 1.29 is 13.3 Å². The third-order valence-electron chi connectivity index (χ3n) is 11.7. The number of para-hydroxylation sites is 3. The average Bonchev–Trinajstić information content (AvgIpc) is 4.04. The van der Waals surface area contributed by atoms with Gasteiger partial charge in [0, 0.05) is 44.1 Å². The molecule has 0 fully saturated rings. The third kappa shape index (κ3) is 5.05. The Kier molecular flexibility index (Phi) is 7.05. The van der Waals surface area contributed by atoms with Gasteiger partial charge in [-0.25, -0.2) is 4.98 Å². The maximum absolute atomic E-state index is 6.53. The Labute approximate surface area is 327 Å². The van der Waals surface area contributed by atoms with Gasteiger partial charge >= 0.3 is 0 Å². The van der Waals surface area contributed by atoms with Crippen molar-refractivity contribution in [2.24, 2.45) is 0 Å². The Bertz CT molecular complexity index is 3480. The van der Waals surface area contributed by atoms with Gasteiger partial charge in [-0.15, -0.1) is 0 Å². The molecule has 0 saturated heterocycles. The van der Waals surface area contributed by atoms with Crippen LogP contribution in [0.2, 0.25) is 0 Å². The van der Waals surface area contributed by atoms with E-state index in [0.717, 1.165) is 73.7 Å². The van der Waals surface area contributed by atoms with E-state index in [9.17, 15) is 0 Å². The van der Waals surface area contributed by atoms with Crippen LogP contribution in [0, 0.1) is 0 Å². The molecule has 0 bridgehead atoms. The van der Waals surface area contributed by atoms with Crippen LogP contribution in [-0.4, -0.2) is 9.55 Å². The largest absolute Gasteiger partial charge is 0.456 e.